The molecule has 0 aliphatic heterocycles. The zero-order valence-corrected chi connectivity index (χ0v) is 15.7. The molecule has 0 heterocycles. The normalized spacial score (nSPS) is 14.2. The van der Waals surface area contributed by atoms with Crippen LogP contribution in [0.2, 0.25) is 6.04 Å². The molecule has 0 aliphatic rings. The van der Waals surface area contributed by atoms with Crippen molar-refractivity contribution in [2.24, 2.45) is 5.73 Å². The van der Waals surface area contributed by atoms with Crippen LogP contribution >= 0.6 is 12.4 Å². The van der Waals surface area contributed by atoms with E-state index in [-0.39, 0.29) is 24.5 Å². The molecule has 0 aromatic heterocycles. The summed E-state index contributed by atoms with van der Waals surface area (Å²) in [5.41, 5.74) is 7.50. The fourth-order valence-electron chi connectivity index (χ4n) is 2.18. The first-order valence-electron chi connectivity index (χ1n) is 7.25. The number of nitrogens with two attached hydrogens (primary N) is 1. The van der Waals surface area contributed by atoms with Crippen molar-refractivity contribution in [1.29, 1.82) is 0 Å². The lowest BCUT2D eigenvalue weighted by Gasteiger charge is -2.27. The van der Waals surface area contributed by atoms with Crippen molar-refractivity contribution in [3.05, 3.63) is 35.9 Å². The SMILES string of the molecule is CO[Si](CCC(N)C(C)NCc1ccccc1)(OC)OC.Cl. The van der Waals surface area contributed by atoms with Gasteiger partial charge in [-0.3, -0.25) is 0 Å². The summed E-state index contributed by atoms with van der Waals surface area (Å²) in [4.78, 5) is 0. The van der Waals surface area contributed by atoms with Gasteiger partial charge >= 0.3 is 8.80 Å². The van der Waals surface area contributed by atoms with E-state index < -0.39 is 8.80 Å². The molecule has 1 aromatic carbocycles. The minimum Gasteiger partial charge on any atom is -0.377 e. The first-order chi connectivity index (χ1) is 10.1. The zero-order valence-electron chi connectivity index (χ0n) is 13.9. The van der Waals surface area contributed by atoms with Crippen LogP contribution in [-0.4, -0.2) is 42.2 Å². The minimum absolute atomic E-state index is 0. The van der Waals surface area contributed by atoms with Crippen LogP contribution in [0, 0.1) is 0 Å². The second kappa shape index (κ2) is 11.1. The van der Waals surface area contributed by atoms with E-state index in [0.717, 1.165) is 19.0 Å². The highest BCUT2D eigenvalue weighted by atomic mass is 35.5. The third-order valence-corrected chi connectivity index (χ3v) is 6.60. The number of benzene rings is 1. The molecule has 3 N–H and O–H groups in total. The van der Waals surface area contributed by atoms with E-state index in [0.29, 0.717) is 0 Å². The van der Waals surface area contributed by atoms with Gasteiger partial charge in [0.2, 0.25) is 0 Å². The minimum atomic E-state index is -2.52. The summed E-state index contributed by atoms with van der Waals surface area (Å²) >= 11 is 0. The molecule has 2 unspecified atom stereocenters. The van der Waals surface area contributed by atoms with Crippen molar-refractivity contribution in [1.82, 2.24) is 5.32 Å². The van der Waals surface area contributed by atoms with Gasteiger partial charge in [0, 0.05) is 46.0 Å². The third-order valence-electron chi connectivity index (χ3n) is 3.83. The van der Waals surface area contributed by atoms with E-state index in [1.165, 1.54) is 5.56 Å². The predicted octanol–water partition coefficient (Wildman–Crippen LogP) is 2.18. The summed E-state index contributed by atoms with van der Waals surface area (Å²) < 4.78 is 16.2. The average Bonchev–Trinajstić information content (AvgIpc) is 2.55. The van der Waals surface area contributed by atoms with Gasteiger partial charge in [0.1, 0.15) is 0 Å². The molecule has 0 saturated carbocycles. The lowest BCUT2D eigenvalue weighted by Crippen LogP contribution is -2.47. The van der Waals surface area contributed by atoms with Crippen LogP contribution < -0.4 is 11.1 Å². The van der Waals surface area contributed by atoms with Gasteiger partial charge in [0.15, 0.2) is 0 Å². The predicted molar refractivity (Wildman–Crippen MR) is 94.2 cm³/mol. The lowest BCUT2D eigenvalue weighted by atomic mass is 10.1. The summed E-state index contributed by atoms with van der Waals surface area (Å²) in [5, 5.41) is 3.46. The molecule has 0 radical (unpaired) electrons. The summed E-state index contributed by atoms with van der Waals surface area (Å²) in [6.45, 7) is 2.92. The summed E-state index contributed by atoms with van der Waals surface area (Å²) in [5.74, 6) is 0. The van der Waals surface area contributed by atoms with Crippen LogP contribution in [0.15, 0.2) is 30.3 Å². The van der Waals surface area contributed by atoms with Gasteiger partial charge in [-0.2, -0.15) is 0 Å². The van der Waals surface area contributed by atoms with Crippen LogP contribution in [0.3, 0.4) is 0 Å². The summed E-state index contributed by atoms with van der Waals surface area (Å²) in [6, 6.07) is 11.3. The smallest absolute Gasteiger partial charge is 0.377 e. The third kappa shape index (κ3) is 6.74. The van der Waals surface area contributed by atoms with Gasteiger partial charge in [-0.1, -0.05) is 30.3 Å². The van der Waals surface area contributed by atoms with Crippen molar-refractivity contribution >= 4 is 21.2 Å². The van der Waals surface area contributed by atoms with Crippen molar-refractivity contribution < 1.29 is 13.3 Å². The van der Waals surface area contributed by atoms with Gasteiger partial charge in [-0.05, 0) is 18.9 Å². The zero-order chi connectivity index (χ0) is 15.7. The van der Waals surface area contributed by atoms with E-state index in [9.17, 15) is 0 Å². The Morgan fingerprint density at radius 2 is 1.64 bits per heavy atom. The number of nitrogens with one attached hydrogen (secondary N) is 1. The maximum Gasteiger partial charge on any atom is 0.500 e. The molecule has 128 valence electrons. The highest BCUT2D eigenvalue weighted by Gasteiger charge is 2.38. The van der Waals surface area contributed by atoms with Gasteiger partial charge in [-0.15, -0.1) is 12.4 Å². The number of halogens is 1. The van der Waals surface area contributed by atoms with Crippen LogP contribution in [0.1, 0.15) is 18.9 Å². The monoisotopic (exact) mass is 348 g/mol. The van der Waals surface area contributed by atoms with E-state index in [1.54, 1.807) is 21.3 Å². The van der Waals surface area contributed by atoms with Crippen molar-refractivity contribution in [2.45, 2.75) is 38.0 Å². The Morgan fingerprint density at radius 3 is 2.14 bits per heavy atom. The molecule has 0 aliphatic carbocycles. The van der Waals surface area contributed by atoms with E-state index in [1.807, 2.05) is 18.2 Å². The Labute approximate surface area is 141 Å². The van der Waals surface area contributed by atoms with E-state index >= 15 is 0 Å². The van der Waals surface area contributed by atoms with Crippen molar-refractivity contribution in [3.63, 3.8) is 0 Å². The average molecular weight is 349 g/mol. The summed E-state index contributed by atoms with van der Waals surface area (Å²) in [7, 11) is 2.36. The molecule has 1 aromatic rings. The molecule has 0 amide bonds. The van der Waals surface area contributed by atoms with Crippen molar-refractivity contribution in [3.8, 4) is 0 Å². The van der Waals surface area contributed by atoms with Gasteiger partial charge < -0.3 is 24.3 Å². The fourth-order valence-corrected chi connectivity index (χ4v) is 3.97. The first-order valence-corrected chi connectivity index (χ1v) is 9.18. The number of hydrogen-bond donors (Lipinski definition) is 2. The topological polar surface area (TPSA) is 65.7 Å². The standard InChI is InChI=1S/C15H28N2O3Si.ClH/c1-13(17-12-14-8-6-5-7-9-14)15(16)10-11-21(18-2,19-3)20-4;/h5-9,13,15,17H,10-12,16H2,1-4H3;1H. The molecule has 5 nitrogen and oxygen atoms in total. The van der Waals surface area contributed by atoms with Gasteiger partial charge in [-0.25, -0.2) is 0 Å². The van der Waals surface area contributed by atoms with Crippen LogP contribution in [0.4, 0.5) is 0 Å². The molecular weight excluding hydrogens is 320 g/mol. The highest BCUT2D eigenvalue weighted by Crippen LogP contribution is 2.17. The molecule has 0 bridgehead atoms. The summed E-state index contributed by atoms with van der Waals surface area (Å²) in [6.07, 6.45) is 0.796. The second-order valence-electron chi connectivity index (χ2n) is 5.15. The maximum atomic E-state index is 6.25. The van der Waals surface area contributed by atoms with Crippen LogP contribution in [0.5, 0.6) is 0 Å². The molecule has 2 atom stereocenters. The Balaban J connectivity index is 0.00000441. The van der Waals surface area contributed by atoms with E-state index in [2.05, 4.69) is 24.4 Å². The lowest BCUT2D eigenvalue weighted by molar-refractivity contribution is 0.122. The number of hydrogen-bond acceptors (Lipinski definition) is 5. The Bertz CT molecular complexity index is 385. The molecule has 0 fully saturated rings. The Kier molecular flexibility index (Phi) is 10.9. The van der Waals surface area contributed by atoms with Gasteiger partial charge in [0.05, 0.1) is 0 Å². The van der Waals surface area contributed by atoms with Crippen molar-refractivity contribution in [2.75, 3.05) is 21.3 Å². The second-order valence-corrected chi connectivity index (χ2v) is 8.24. The van der Waals surface area contributed by atoms with Crippen LogP contribution in [-0.2, 0) is 19.8 Å². The molecule has 1 rings (SSSR count). The molecule has 0 spiro atoms. The first kappa shape index (κ1) is 21.5. The Hall–Kier alpha value is -0.473. The molecule has 0 saturated heterocycles. The largest absolute Gasteiger partial charge is 0.500 e. The number of rotatable bonds is 10. The molecule has 22 heavy (non-hydrogen) atoms. The molecule has 7 heteroatoms. The van der Waals surface area contributed by atoms with Gasteiger partial charge in [0.25, 0.3) is 0 Å². The van der Waals surface area contributed by atoms with Crippen LogP contribution in [0.25, 0.3) is 0 Å². The quantitative estimate of drug-likeness (QED) is 0.634. The van der Waals surface area contributed by atoms with E-state index in [4.69, 9.17) is 19.0 Å². The highest BCUT2D eigenvalue weighted by molar-refractivity contribution is 6.60. The maximum absolute atomic E-state index is 6.25. The molecular formula is C15H29ClN2O3Si. The Morgan fingerprint density at radius 1 is 1.09 bits per heavy atom. The fraction of sp³-hybridized carbons (Fsp3) is 0.600.